The summed E-state index contributed by atoms with van der Waals surface area (Å²) < 4.78 is 5.13. The molecule has 1 unspecified atom stereocenters. The van der Waals surface area contributed by atoms with E-state index in [0.29, 0.717) is 23.1 Å². The highest BCUT2D eigenvalue weighted by Crippen LogP contribution is 2.50. The third-order valence-corrected chi connectivity index (χ3v) is 6.32. The molecule has 0 saturated heterocycles. The molecule has 1 atom stereocenters. The molecule has 1 fully saturated rings. The molecule has 1 saturated carbocycles. The van der Waals surface area contributed by atoms with Crippen LogP contribution in [-0.4, -0.2) is 12.6 Å². The van der Waals surface area contributed by atoms with Gasteiger partial charge in [0.05, 0.1) is 23.7 Å². The summed E-state index contributed by atoms with van der Waals surface area (Å²) in [5.41, 5.74) is 7.40. The first-order chi connectivity index (χ1) is 10.6. The molecule has 2 aliphatic rings. The van der Waals surface area contributed by atoms with E-state index in [2.05, 4.69) is 6.07 Å². The summed E-state index contributed by atoms with van der Waals surface area (Å²) >= 11 is 1.47. The lowest BCUT2D eigenvalue weighted by Gasteiger charge is -2.36. The molecule has 1 aromatic heterocycles. The minimum atomic E-state index is -0.317. The van der Waals surface area contributed by atoms with Crippen molar-refractivity contribution >= 4 is 22.3 Å². The molecule has 2 N–H and O–H groups in total. The smallest absolute Gasteiger partial charge is 0.341 e. The molecule has 0 bridgehead atoms. The van der Waals surface area contributed by atoms with Gasteiger partial charge in [0.2, 0.25) is 0 Å². The molecule has 22 heavy (non-hydrogen) atoms. The topological polar surface area (TPSA) is 76.1 Å². The number of hydrogen-bond acceptors (Lipinski definition) is 5. The van der Waals surface area contributed by atoms with Gasteiger partial charge in [-0.2, -0.15) is 5.26 Å². The van der Waals surface area contributed by atoms with Crippen molar-refractivity contribution in [1.29, 1.82) is 5.26 Å². The fraction of sp³-hybridized carbons (Fsp3) is 0.647. The van der Waals surface area contributed by atoms with E-state index in [1.165, 1.54) is 24.2 Å². The van der Waals surface area contributed by atoms with Crippen molar-refractivity contribution in [3.05, 3.63) is 16.0 Å². The second-order valence-corrected chi connectivity index (χ2v) is 7.53. The number of fused-ring (bicyclic) bond motifs is 1. The Morgan fingerprint density at radius 2 is 2.23 bits per heavy atom. The molecule has 0 spiro atoms. The van der Waals surface area contributed by atoms with Gasteiger partial charge in [0.15, 0.2) is 0 Å². The Morgan fingerprint density at radius 3 is 2.86 bits per heavy atom. The fourth-order valence-electron chi connectivity index (χ4n) is 4.10. The van der Waals surface area contributed by atoms with E-state index in [0.717, 1.165) is 42.5 Å². The molecule has 0 aliphatic heterocycles. The first kappa shape index (κ1) is 15.4. The molecule has 1 heterocycles. The summed E-state index contributed by atoms with van der Waals surface area (Å²) in [6, 6.07) is 2.63. The number of nitrogens with two attached hydrogens (primary N) is 1. The third kappa shape index (κ3) is 2.40. The Balaban J connectivity index is 1.92. The third-order valence-electron chi connectivity index (χ3n) is 5.25. The van der Waals surface area contributed by atoms with Crippen LogP contribution in [0, 0.1) is 22.7 Å². The van der Waals surface area contributed by atoms with Crippen LogP contribution in [0.1, 0.15) is 59.8 Å². The van der Waals surface area contributed by atoms with E-state index in [-0.39, 0.29) is 11.4 Å². The van der Waals surface area contributed by atoms with Crippen molar-refractivity contribution in [2.24, 2.45) is 11.3 Å². The number of anilines is 1. The van der Waals surface area contributed by atoms with Gasteiger partial charge in [0.25, 0.3) is 0 Å². The number of carbonyl (C=O) groups is 1. The average molecular weight is 318 g/mol. The summed E-state index contributed by atoms with van der Waals surface area (Å²) in [7, 11) is 0. The molecule has 118 valence electrons. The number of nitrogens with zero attached hydrogens (tertiary/aromatic N) is 1. The zero-order chi connectivity index (χ0) is 15.7. The maximum absolute atomic E-state index is 12.1. The van der Waals surface area contributed by atoms with Crippen LogP contribution >= 0.6 is 11.3 Å². The van der Waals surface area contributed by atoms with Crippen LogP contribution in [0.2, 0.25) is 0 Å². The van der Waals surface area contributed by atoms with Crippen molar-refractivity contribution in [2.45, 2.75) is 51.9 Å². The van der Waals surface area contributed by atoms with Crippen LogP contribution in [0.25, 0.3) is 0 Å². The maximum Gasteiger partial charge on any atom is 0.341 e. The van der Waals surface area contributed by atoms with Gasteiger partial charge in [-0.05, 0) is 44.1 Å². The summed E-state index contributed by atoms with van der Waals surface area (Å²) in [4.78, 5) is 13.3. The Morgan fingerprint density at radius 1 is 1.50 bits per heavy atom. The maximum atomic E-state index is 12.1. The second kappa shape index (κ2) is 5.92. The Labute approximate surface area is 135 Å². The molecule has 0 aromatic carbocycles. The predicted molar refractivity (Wildman–Crippen MR) is 86.7 cm³/mol. The Kier molecular flexibility index (Phi) is 4.14. The quantitative estimate of drug-likeness (QED) is 0.862. The van der Waals surface area contributed by atoms with E-state index in [4.69, 9.17) is 10.5 Å². The number of carbonyl (C=O) groups excluding carboxylic acids is 1. The van der Waals surface area contributed by atoms with Crippen molar-refractivity contribution in [3.8, 4) is 6.07 Å². The van der Waals surface area contributed by atoms with Crippen molar-refractivity contribution in [2.75, 3.05) is 12.3 Å². The minimum Gasteiger partial charge on any atom is -0.462 e. The zero-order valence-corrected chi connectivity index (χ0v) is 13.8. The van der Waals surface area contributed by atoms with E-state index in [1.54, 1.807) is 6.92 Å². The van der Waals surface area contributed by atoms with E-state index >= 15 is 0 Å². The lowest BCUT2D eigenvalue weighted by atomic mass is 9.66. The Hall–Kier alpha value is -1.54. The average Bonchev–Trinajstić information content (AvgIpc) is 3.13. The predicted octanol–water partition coefficient (Wildman–Crippen LogP) is 3.70. The molecule has 1 aromatic rings. The molecule has 0 amide bonds. The molecule has 3 rings (SSSR count). The largest absolute Gasteiger partial charge is 0.462 e. The summed E-state index contributed by atoms with van der Waals surface area (Å²) in [5, 5.41) is 10.4. The van der Waals surface area contributed by atoms with Gasteiger partial charge in [-0.3, -0.25) is 0 Å². The highest BCUT2D eigenvalue weighted by molar-refractivity contribution is 7.16. The molecule has 2 aliphatic carbocycles. The van der Waals surface area contributed by atoms with Crippen LogP contribution in [0.4, 0.5) is 5.00 Å². The van der Waals surface area contributed by atoms with Crippen molar-refractivity contribution < 1.29 is 9.53 Å². The van der Waals surface area contributed by atoms with Crippen molar-refractivity contribution in [3.63, 3.8) is 0 Å². The highest BCUT2D eigenvalue weighted by atomic mass is 32.1. The first-order valence-corrected chi connectivity index (χ1v) is 8.91. The summed E-state index contributed by atoms with van der Waals surface area (Å²) in [6.07, 6.45) is 7.15. The lowest BCUT2D eigenvalue weighted by Crippen LogP contribution is -2.33. The van der Waals surface area contributed by atoms with Gasteiger partial charge < -0.3 is 10.5 Å². The number of nitriles is 1. The first-order valence-electron chi connectivity index (χ1n) is 8.09. The van der Waals surface area contributed by atoms with E-state index in [9.17, 15) is 10.1 Å². The second-order valence-electron chi connectivity index (χ2n) is 6.39. The number of rotatable bonds is 3. The monoisotopic (exact) mass is 318 g/mol. The summed E-state index contributed by atoms with van der Waals surface area (Å²) in [5.74, 6) is 0.183. The minimum absolute atomic E-state index is 0.257. The number of ether oxygens (including phenoxy) is 1. The summed E-state index contributed by atoms with van der Waals surface area (Å²) in [6.45, 7) is 2.15. The van der Waals surface area contributed by atoms with Gasteiger partial charge in [0, 0.05) is 11.3 Å². The SMILES string of the molecule is CCOC(=O)c1c(N)sc2c1CCC(C#N)(C1CCCC1)C2. The molecule has 0 radical (unpaired) electrons. The fourth-order valence-corrected chi connectivity index (χ4v) is 5.34. The van der Waals surface area contributed by atoms with Crippen LogP contribution in [0.3, 0.4) is 0 Å². The number of hydrogen-bond donors (Lipinski definition) is 1. The highest BCUT2D eigenvalue weighted by Gasteiger charge is 2.44. The van der Waals surface area contributed by atoms with Gasteiger partial charge in [-0.1, -0.05) is 12.8 Å². The van der Waals surface area contributed by atoms with Crippen LogP contribution in [0.5, 0.6) is 0 Å². The van der Waals surface area contributed by atoms with Crippen LogP contribution in [0.15, 0.2) is 0 Å². The number of esters is 1. The number of nitrogen functional groups attached to an aromatic ring is 1. The normalized spacial score (nSPS) is 24.7. The van der Waals surface area contributed by atoms with E-state index in [1.807, 2.05) is 0 Å². The molecule has 5 heteroatoms. The van der Waals surface area contributed by atoms with Gasteiger partial charge in [-0.25, -0.2) is 4.79 Å². The molecular weight excluding hydrogens is 296 g/mol. The standard InChI is InChI=1S/C17H22N2O2S/c1-2-21-16(20)14-12-7-8-17(10-18,11-5-3-4-6-11)9-13(12)22-15(14)19/h11H,2-9,19H2,1H3. The molecular formula is C17H22N2O2S. The number of thiophene rings is 1. The van der Waals surface area contributed by atoms with Crippen LogP contribution in [-0.2, 0) is 17.6 Å². The lowest BCUT2D eigenvalue weighted by molar-refractivity contribution is 0.0526. The Bertz CT molecular complexity index is 625. The van der Waals surface area contributed by atoms with E-state index < -0.39 is 0 Å². The van der Waals surface area contributed by atoms with Crippen molar-refractivity contribution in [1.82, 2.24) is 0 Å². The van der Waals surface area contributed by atoms with Crippen LogP contribution < -0.4 is 5.73 Å². The molecule has 4 nitrogen and oxygen atoms in total. The van der Waals surface area contributed by atoms with Gasteiger partial charge in [-0.15, -0.1) is 11.3 Å². The van der Waals surface area contributed by atoms with Gasteiger partial charge in [0.1, 0.15) is 5.00 Å². The zero-order valence-electron chi connectivity index (χ0n) is 13.0. The van der Waals surface area contributed by atoms with Gasteiger partial charge >= 0.3 is 5.97 Å².